The van der Waals surface area contributed by atoms with E-state index in [4.69, 9.17) is 22.1 Å². The zero-order chi connectivity index (χ0) is 21.6. The number of ether oxygens (including phenoxy) is 1. The normalized spacial score (nSPS) is 13.0. The summed E-state index contributed by atoms with van der Waals surface area (Å²) in [6, 6.07) is 10.2. The average molecular weight is 422 g/mol. The van der Waals surface area contributed by atoms with E-state index in [0.29, 0.717) is 29.4 Å². The van der Waals surface area contributed by atoms with Gasteiger partial charge in [-0.2, -0.15) is 0 Å². The number of phenols is 1. The Kier molecular flexibility index (Phi) is 8.13. The van der Waals surface area contributed by atoms with Crippen LogP contribution in [0, 0.1) is 0 Å². The summed E-state index contributed by atoms with van der Waals surface area (Å²) in [7, 11) is 3.58. The molecule has 5 N–H and O–H groups in total. The molecule has 0 fully saturated rings. The van der Waals surface area contributed by atoms with Crippen LogP contribution in [0.1, 0.15) is 35.4 Å². The van der Waals surface area contributed by atoms with Gasteiger partial charge in [0.05, 0.1) is 23.8 Å². The van der Waals surface area contributed by atoms with Gasteiger partial charge < -0.3 is 30.9 Å². The van der Waals surface area contributed by atoms with E-state index < -0.39 is 12.0 Å². The highest BCUT2D eigenvalue weighted by Gasteiger charge is 2.15. The van der Waals surface area contributed by atoms with E-state index >= 15 is 0 Å². The number of benzene rings is 2. The van der Waals surface area contributed by atoms with Gasteiger partial charge in [-0.05, 0) is 55.8 Å². The predicted octanol–water partition coefficient (Wildman–Crippen LogP) is 2.69. The molecule has 0 aliphatic rings. The molecule has 0 radical (unpaired) electrons. The Morgan fingerprint density at radius 2 is 2.03 bits per heavy atom. The molecule has 2 rings (SSSR count). The van der Waals surface area contributed by atoms with Crippen molar-refractivity contribution in [3.05, 3.63) is 52.5 Å². The Hall–Kier alpha value is -2.48. The highest BCUT2D eigenvalue weighted by molar-refractivity contribution is 6.32. The number of aliphatic hydroxyl groups is 1. The first-order valence-corrected chi connectivity index (χ1v) is 9.70. The van der Waals surface area contributed by atoms with Crippen molar-refractivity contribution in [2.24, 2.45) is 5.73 Å². The average Bonchev–Trinajstić information content (AvgIpc) is 2.70. The van der Waals surface area contributed by atoms with Gasteiger partial charge in [-0.25, -0.2) is 0 Å². The van der Waals surface area contributed by atoms with Crippen LogP contribution in [0.5, 0.6) is 11.5 Å². The van der Waals surface area contributed by atoms with Crippen molar-refractivity contribution in [2.75, 3.05) is 32.1 Å². The SMILES string of the molecule is COc1ccc(N(C)C(C)CCNCC(O)c2ccc(O)c(C(N)=O)c2)cc1Cl. The van der Waals surface area contributed by atoms with Crippen LogP contribution in [-0.2, 0) is 0 Å². The lowest BCUT2D eigenvalue weighted by atomic mass is 10.0. The second-order valence-corrected chi connectivity index (χ2v) is 7.34. The van der Waals surface area contributed by atoms with E-state index in [9.17, 15) is 15.0 Å². The number of halogens is 1. The lowest BCUT2D eigenvalue weighted by Gasteiger charge is -2.27. The standard InChI is InChI=1S/C21H28ClN3O4/c1-13(25(2)15-5-7-20(29-3)17(22)11-15)8-9-24-12-19(27)14-4-6-18(26)16(10-14)21(23)28/h4-7,10-11,13,19,24,26-27H,8-9,12H2,1-3H3,(H2,23,28). The summed E-state index contributed by atoms with van der Waals surface area (Å²) in [6.07, 6.45) is 0.0248. The van der Waals surface area contributed by atoms with Crippen molar-refractivity contribution in [1.82, 2.24) is 5.32 Å². The number of hydrogen-bond acceptors (Lipinski definition) is 6. The number of primary amides is 1. The Morgan fingerprint density at radius 1 is 1.31 bits per heavy atom. The molecule has 2 aromatic carbocycles. The number of nitrogens with two attached hydrogens (primary N) is 1. The van der Waals surface area contributed by atoms with Gasteiger partial charge in [-0.15, -0.1) is 0 Å². The van der Waals surface area contributed by atoms with Crippen molar-refractivity contribution >= 4 is 23.2 Å². The van der Waals surface area contributed by atoms with Gasteiger partial charge in [-0.3, -0.25) is 4.79 Å². The summed E-state index contributed by atoms with van der Waals surface area (Å²) in [4.78, 5) is 13.4. The van der Waals surface area contributed by atoms with Gasteiger partial charge in [0.1, 0.15) is 11.5 Å². The maximum absolute atomic E-state index is 11.3. The van der Waals surface area contributed by atoms with E-state index in [-0.39, 0.29) is 17.4 Å². The zero-order valence-corrected chi connectivity index (χ0v) is 17.6. The van der Waals surface area contributed by atoms with Crippen molar-refractivity contribution in [3.8, 4) is 11.5 Å². The number of carbonyl (C=O) groups is 1. The van der Waals surface area contributed by atoms with E-state index in [0.717, 1.165) is 12.1 Å². The van der Waals surface area contributed by atoms with Crippen LogP contribution in [0.4, 0.5) is 5.69 Å². The number of nitrogens with zero attached hydrogens (tertiary/aromatic N) is 1. The summed E-state index contributed by atoms with van der Waals surface area (Å²) in [6.45, 7) is 3.11. The molecule has 7 nitrogen and oxygen atoms in total. The quantitative estimate of drug-likeness (QED) is 0.439. The first-order chi connectivity index (χ1) is 13.7. The number of carbonyl (C=O) groups excluding carboxylic acids is 1. The fraction of sp³-hybridized carbons (Fsp3) is 0.381. The van der Waals surface area contributed by atoms with E-state index in [1.807, 2.05) is 25.2 Å². The molecule has 0 saturated heterocycles. The minimum Gasteiger partial charge on any atom is -0.507 e. The molecule has 0 aliphatic heterocycles. The summed E-state index contributed by atoms with van der Waals surface area (Å²) >= 11 is 6.20. The third-order valence-electron chi connectivity index (χ3n) is 4.95. The highest BCUT2D eigenvalue weighted by atomic mass is 35.5. The molecule has 0 aliphatic carbocycles. The molecule has 0 spiro atoms. The Labute approximate surface area is 176 Å². The smallest absolute Gasteiger partial charge is 0.252 e. The van der Waals surface area contributed by atoms with E-state index in [2.05, 4.69) is 17.1 Å². The number of rotatable bonds is 10. The Bertz CT molecular complexity index is 847. The topological polar surface area (TPSA) is 108 Å². The van der Waals surface area contributed by atoms with Crippen LogP contribution in [0.2, 0.25) is 5.02 Å². The van der Waals surface area contributed by atoms with Crippen molar-refractivity contribution in [3.63, 3.8) is 0 Å². The predicted molar refractivity (Wildman–Crippen MR) is 115 cm³/mol. The summed E-state index contributed by atoms with van der Waals surface area (Å²) in [5.41, 5.74) is 6.73. The molecule has 0 saturated carbocycles. The lowest BCUT2D eigenvalue weighted by Crippen LogP contribution is -2.33. The van der Waals surface area contributed by atoms with Gasteiger partial charge in [0.2, 0.25) is 0 Å². The van der Waals surface area contributed by atoms with E-state index in [1.165, 1.54) is 12.1 Å². The summed E-state index contributed by atoms with van der Waals surface area (Å²) in [5.74, 6) is -0.294. The monoisotopic (exact) mass is 421 g/mol. The number of aromatic hydroxyl groups is 1. The van der Waals surface area contributed by atoms with Crippen LogP contribution < -0.4 is 20.7 Å². The third kappa shape index (κ3) is 6.00. The fourth-order valence-electron chi connectivity index (χ4n) is 2.95. The van der Waals surface area contributed by atoms with E-state index in [1.54, 1.807) is 13.2 Å². The summed E-state index contributed by atoms with van der Waals surface area (Å²) < 4.78 is 5.18. The number of anilines is 1. The molecule has 8 heteroatoms. The number of amides is 1. The van der Waals surface area contributed by atoms with Gasteiger partial charge in [-0.1, -0.05) is 17.7 Å². The maximum Gasteiger partial charge on any atom is 0.252 e. The van der Waals surface area contributed by atoms with Gasteiger partial charge in [0.25, 0.3) is 5.91 Å². The number of methoxy groups -OCH3 is 1. The molecule has 29 heavy (non-hydrogen) atoms. The minimum atomic E-state index is -0.817. The van der Waals surface area contributed by atoms with Crippen LogP contribution >= 0.6 is 11.6 Å². The second-order valence-electron chi connectivity index (χ2n) is 6.93. The minimum absolute atomic E-state index is 0.00468. The number of aliphatic hydroxyl groups excluding tert-OH is 1. The lowest BCUT2D eigenvalue weighted by molar-refractivity contribution is 0.0997. The molecule has 2 aromatic rings. The molecule has 2 atom stereocenters. The summed E-state index contributed by atoms with van der Waals surface area (Å²) in [5, 5.41) is 23.7. The number of nitrogens with one attached hydrogen (secondary N) is 1. The van der Waals surface area contributed by atoms with Gasteiger partial charge in [0, 0.05) is 25.3 Å². The van der Waals surface area contributed by atoms with Crippen LogP contribution in [0.15, 0.2) is 36.4 Å². The van der Waals surface area contributed by atoms with Crippen molar-refractivity contribution in [1.29, 1.82) is 0 Å². The third-order valence-corrected chi connectivity index (χ3v) is 5.25. The van der Waals surface area contributed by atoms with Gasteiger partial charge in [0.15, 0.2) is 0 Å². The Balaban J connectivity index is 1.84. The molecular weight excluding hydrogens is 394 g/mol. The molecule has 0 bridgehead atoms. The van der Waals surface area contributed by atoms with Crippen LogP contribution in [0.25, 0.3) is 0 Å². The zero-order valence-electron chi connectivity index (χ0n) is 16.9. The van der Waals surface area contributed by atoms with Crippen molar-refractivity contribution < 1.29 is 19.7 Å². The number of hydrogen-bond donors (Lipinski definition) is 4. The first-order valence-electron chi connectivity index (χ1n) is 9.32. The molecule has 158 valence electrons. The second kappa shape index (κ2) is 10.3. The first kappa shape index (κ1) is 22.8. The van der Waals surface area contributed by atoms with Crippen LogP contribution in [-0.4, -0.2) is 49.4 Å². The van der Waals surface area contributed by atoms with Gasteiger partial charge >= 0.3 is 0 Å². The molecule has 0 heterocycles. The fourth-order valence-corrected chi connectivity index (χ4v) is 3.20. The molecular formula is C21H28ClN3O4. The highest BCUT2D eigenvalue weighted by Crippen LogP contribution is 2.29. The maximum atomic E-state index is 11.3. The Morgan fingerprint density at radius 3 is 2.66 bits per heavy atom. The molecule has 2 unspecified atom stereocenters. The molecule has 1 amide bonds. The largest absolute Gasteiger partial charge is 0.507 e. The van der Waals surface area contributed by atoms with Crippen molar-refractivity contribution in [2.45, 2.75) is 25.5 Å². The van der Waals surface area contributed by atoms with Crippen LogP contribution in [0.3, 0.4) is 0 Å². The molecule has 0 aromatic heterocycles.